The van der Waals surface area contributed by atoms with Gasteiger partial charge in [-0.3, -0.25) is 4.90 Å². The standard InChI is InChI=1S/C20H24ClN3O2/c1-16-7-8-17(15-19(16)21)22-20(25)24-11-9-23(10-12-24)13-14-26-18-5-3-2-4-6-18/h2-8,15H,9-14H2,1H3,(H,22,25). The van der Waals surface area contributed by atoms with Gasteiger partial charge in [0.2, 0.25) is 0 Å². The fraction of sp³-hybridized carbons (Fsp3) is 0.350. The van der Waals surface area contributed by atoms with E-state index in [4.69, 9.17) is 16.3 Å². The number of hydrogen-bond acceptors (Lipinski definition) is 3. The zero-order valence-corrected chi connectivity index (χ0v) is 15.7. The molecule has 6 heteroatoms. The molecule has 0 aliphatic carbocycles. The molecule has 1 fully saturated rings. The van der Waals surface area contributed by atoms with E-state index in [1.807, 2.05) is 54.3 Å². The number of piperazine rings is 1. The minimum absolute atomic E-state index is 0.0786. The number of aryl methyl sites for hydroxylation is 1. The summed E-state index contributed by atoms with van der Waals surface area (Å²) in [6.07, 6.45) is 0. The minimum atomic E-state index is -0.0786. The normalized spacial score (nSPS) is 14.9. The van der Waals surface area contributed by atoms with Crippen LogP contribution in [0.5, 0.6) is 5.75 Å². The molecular formula is C20H24ClN3O2. The molecule has 0 radical (unpaired) electrons. The Labute approximate surface area is 159 Å². The van der Waals surface area contributed by atoms with Gasteiger partial charge in [0.25, 0.3) is 0 Å². The number of halogens is 1. The summed E-state index contributed by atoms with van der Waals surface area (Å²) in [5.41, 5.74) is 1.72. The van der Waals surface area contributed by atoms with Crippen molar-refractivity contribution in [1.29, 1.82) is 0 Å². The van der Waals surface area contributed by atoms with E-state index in [2.05, 4.69) is 10.2 Å². The lowest BCUT2D eigenvalue weighted by Crippen LogP contribution is -2.50. The molecule has 1 N–H and O–H groups in total. The molecule has 0 aromatic heterocycles. The highest BCUT2D eigenvalue weighted by Gasteiger charge is 2.21. The third kappa shape index (κ3) is 5.13. The Morgan fingerprint density at radius 3 is 2.54 bits per heavy atom. The number of benzene rings is 2. The van der Waals surface area contributed by atoms with Crippen LogP contribution in [0.2, 0.25) is 5.02 Å². The summed E-state index contributed by atoms with van der Waals surface area (Å²) in [6, 6.07) is 15.3. The summed E-state index contributed by atoms with van der Waals surface area (Å²) in [5.74, 6) is 0.891. The van der Waals surface area contributed by atoms with Crippen molar-refractivity contribution in [2.45, 2.75) is 6.92 Å². The first-order chi connectivity index (χ1) is 12.6. The SMILES string of the molecule is Cc1ccc(NC(=O)N2CCN(CCOc3ccccc3)CC2)cc1Cl. The van der Waals surface area contributed by atoms with E-state index < -0.39 is 0 Å². The predicted molar refractivity (Wildman–Crippen MR) is 105 cm³/mol. The Morgan fingerprint density at radius 1 is 1.12 bits per heavy atom. The van der Waals surface area contributed by atoms with E-state index >= 15 is 0 Å². The first kappa shape index (κ1) is 18.5. The number of rotatable bonds is 5. The summed E-state index contributed by atoms with van der Waals surface area (Å²) >= 11 is 6.11. The summed E-state index contributed by atoms with van der Waals surface area (Å²) in [6.45, 7) is 6.55. The van der Waals surface area contributed by atoms with Crippen LogP contribution in [-0.2, 0) is 0 Å². The predicted octanol–water partition coefficient (Wildman–Crippen LogP) is 3.88. The number of para-hydroxylation sites is 1. The van der Waals surface area contributed by atoms with Gasteiger partial charge < -0.3 is 15.0 Å². The van der Waals surface area contributed by atoms with Gasteiger partial charge in [-0.1, -0.05) is 35.9 Å². The van der Waals surface area contributed by atoms with Gasteiger partial charge in [0, 0.05) is 43.4 Å². The average Bonchev–Trinajstić information content (AvgIpc) is 2.66. The highest BCUT2D eigenvalue weighted by atomic mass is 35.5. The Balaban J connectivity index is 1.40. The molecule has 2 aromatic rings. The fourth-order valence-electron chi connectivity index (χ4n) is 2.86. The Bertz CT molecular complexity index is 731. The Hall–Kier alpha value is -2.24. The van der Waals surface area contributed by atoms with E-state index in [0.717, 1.165) is 36.6 Å². The van der Waals surface area contributed by atoms with E-state index in [1.54, 1.807) is 6.07 Å². The van der Waals surface area contributed by atoms with Gasteiger partial charge >= 0.3 is 6.03 Å². The number of nitrogens with one attached hydrogen (secondary N) is 1. The van der Waals surface area contributed by atoms with Crippen molar-refractivity contribution >= 4 is 23.3 Å². The second-order valence-corrected chi connectivity index (χ2v) is 6.79. The highest BCUT2D eigenvalue weighted by Crippen LogP contribution is 2.20. The van der Waals surface area contributed by atoms with Gasteiger partial charge in [-0.25, -0.2) is 4.79 Å². The van der Waals surface area contributed by atoms with Crippen LogP contribution in [0.25, 0.3) is 0 Å². The number of carbonyl (C=O) groups is 1. The molecule has 26 heavy (non-hydrogen) atoms. The van der Waals surface area contributed by atoms with Crippen LogP contribution in [0, 0.1) is 6.92 Å². The molecule has 0 saturated carbocycles. The average molecular weight is 374 g/mol. The molecule has 0 unspecified atom stereocenters. The maximum absolute atomic E-state index is 12.4. The topological polar surface area (TPSA) is 44.8 Å². The van der Waals surface area contributed by atoms with Gasteiger partial charge in [0.1, 0.15) is 12.4 Å². The minimum Gasteiger partial charge on any atom is -0.492 e. The number of nitrogens with zero attached hydrogens (tertiary/aromatic N) is 2. The van der Waals surface area contributed by atoms with Crippen LogP contribution in [0.15, 0.2) is 48.5 Å². The van der Waals surface area contributed by atoms with Gasteiger partial charge in [-0.2, -0.15) is 0 Å². The maximum atomic E-state index is 12.4. The highest BCUT2D eigenvalue weighted by molar-refractivity contribution is 6.31. The zero-order chi connectivity index (χ0) is 18.4. The Kier molecular flexibility index (Phi) is 6.36. The first-order valence-corrected chi connectivity index (χ1v) is 9.22. The van der Waals surface area contributed by atoms with Gasteiger partial charge in [0.15, 0.2) is 0 Å². The first-order valence-electron chi connectivity index (χ1n) is 8.84. The van der Waals surface area contributed by atoms with Crippen molar-refractivity contribution in [3.8, 4) is 5.75 Å². The molecule has 1 aliphatic heterocycles. The second-order valence-electron chi connectivity index (χ2n) is 6.38. The molecule has 3 rings (SSSR count). The summed E-state index contributed by atoms with van der Waals surface area (Å²) < 4.78 is 5.74. The molecule has 0 bridgehead atoms. The zero-order valence-electron chi connectivity index (χ0n) is 15.0. The van der Waals surface area contributed by atoms with Crippen LogP contribution in [0.1, 0.15) is 5.56 Å². The molecule has 2 amide bonds. The molecule has 1 aliphatic rings. The van der Waals surface area contributed by atoms with Crippen LogP contribution >= 0.6 is 11.6 Å². The van der Waals surface area contributed by atoms with Crippen LogP contribution in [0.3, 0.4) is 0 Å². The van der Waals surface area contributed by atoms with Crippen molar-refractivity contribution in [3.63, 3.8) is 0 Å². The van der Waals surface area contributed by atoms with E-state index in [0.29, 0.717) is 24.7 Å². The molecule has 5 nitrogen and oxygen atoms in total. The summed E-state index contributed by atoms with van der Waals surface area (Å²) in [4.78, 5) is 16.5. The van der Waals surface area contributed by atoms with E-state index in [1.165, 1.54) is 0 Å². The quantitative estimate of drug-likeness (QED) is 0.865. The molecule has 2 aromatic carbocycles. The number of amides is 2. The summed E-state index contributed by atoms with van der Waals surface area (Å²) in [7, 11) is 0. The number of hydrogen-bond donors (Lipinski definition) is 1. The van der Waals surface area contributed by atoms with Crippen LogP contribution < -0.4 is 10.1 Å². The third-order valence-corrected chi connectivity index (χ3v) is 4.91. The smallest absolute Gasteiger partial charge is 0.321 e. The lowest BCUT2D eigenvalue weighted by molar-refractivity contribution is 0.132. The van der Waals surface area contributed by atoms with Gasteiger partial charge in [-0.15, -0.1) is 0 Å². The van der Waals surface area contributed by atoms with Crippen LogP contribution in [-0.4, -0.2) is 55.2 Å². The molecule has 0 atom stereocenters. The lowest BCUT2D eigenvalue weighted by atomic mass is 10.2. The number of urea groups is 1. The van der Waals surface area contributed by atoms with Crippen molar-refractivity contribution < 1.29 is 9.53 Å². The largest absolute Gasteiger partial charge is 0.492 e. The van der Waals surface area contributed by atoms with E-state index in [9.17, 15) is 4.79 Å². The Morgan fingerprint density at radius 2 is 1.85 bits per heavy atom. The third-order valence-electron chi connectivity index (χ3n) is 4.50. The lowest BCUT2D eigenvalue weighted by Gasteiger charge is -2.34. The monoisotopic (exact) mass is 373 g/mol. The van der Waals surface area contributed by atoms with Gasteiger partial charge in [0.05, 0.1) is 0 Å². The van der Waals surface area contributed by atoms with Crippen molar-refractivity contribution in [3.05, 3.63) is 59.1 Å². The fourth-order valence-corrected chi connectivity index (χ4v) is 3.04. The number of carbonyl (C=O) groups excluding carboxylic acids is 1. The molecule has 0 spiro atoms. The maximum Gasteiger partial charge on any atom is 0.321 e. The van der Waals surface area contributed by atoms with Gasteiger partial charge in [-0.05, 0) is 36.8 Å². The summed E-state index contributed by atoms with van der Waals surface area (Å²) in [5, 5.41) is 3.58. The number of anilines is 1. The molecular weight excluding hydrogens is 350 g/mol. The molecule has 1 saturated heterocycles. The number of ether oxygens (including phenoxy) is 1. The second kappa shape index (κ2) is 8.92. The molecule has 138 valence electrons. The van der Waals surface area contributed by atoms with Crippen molar-refractivity contribution in [2.24, 2.45) is 0 Å². The van der Waals surface area contributed by atoms with Crippen molar-refractivity contribution in [2.75, 3.05) is 44.6 Å². The van der Waals surface area contributed by atoms with E-state index in [-0.39, 0.29) is 6.03 Å². The van der Waals surface area contributed by atoms with Crippen LogP contribution in [0.4, 0.5) is 10.5 Å². The van der Waals surface area contributed by atoms with Crippen molar-refractivity contribution in [1.82, 2.24) is 9.80 Å². The molecule has 1 heterocycles.